The van der Waals surface area contributed by atoms with Gasteiger partial charge in [0.05, 0.1) is 4.91 Å². The van der Waals surface area contributed by atoms with Crippen molar-refractivity contribution in [2.45, 2.75) is 27.2 Å². The molecule has 0 atom stereocenters. The Morgan fingerprint density at radius 1 is 1.48 bits per heavy atom. The van der Waals surface area contributed by atoms with E-state index in [1.807, 2.05) is 0 Å². The molecule has 0 aromatic rings. The third-order valence-electron chi connectivity index (χ3n) is 2.79. The Kier molecular flexibility index (Phi) is 4.64. The average molecular weight is 309 g/mol. The van der Waals surface area contributed by atoms with E-state index in [4.69, 9.17) is 12.2 Å². The minimum Gasteiger partial charge on any atom is -0.383 e. The summed E-state index contributed by atoms with van der Waals surface area (Å²) in [6.07, 6.45) is 7.61. The first kappa shape index (κ1) is 17.0. The second-order valence-corrected chi connectivity index (χ2v) is 7.80. The van der Waals surface area contributed by atoms with Gasteiger partial charge in [-0.05, 0) is 6.08 Å². The predicted octanol–water partition coefficient (Wildman–Crippen LogP) is 0.683. The number of nitrogens with zero attached hydrogens (tertiary/aromatic N) is 1. The SMILES string of the molecule is C#CC=C1CC(S(C)(=O)=O)=C(NC(=O)C(C)(C)C)N=C1N. The highest BCUT2D eigenvalue weighted by Gasteiger charge is 2.29. The number of allylic oxidation sites excluding steroid dienone is 2. The Balaban J connectivity index is 3.34. The molecule has 0 aliphatic carbocycles. The number of hydrogen-bond donors (Lipinski definition) is 2. The minimum atomic E-state index is -3.55. The number of terminal acetylenes is 1. The fraction of sp³-hybridized carbons (Fsp3) is 0.429. The van der Waals surface area contributed by atoms with Crippen LogP contribution in [-0.4, -0.2) is 26.4 Å². The zero-order chi connectivity index (χ0) is 16.4. The largest absolute Gasteiger partial charge is 0.383 e. The van der Waals surface area contributed by atoms with Gasteiger partial charge in [0.15, 0.2) is 9.84 Å². The van der Waals surface area contributed by atoms with Gasteiger partial charge in [0.2, 0.25) is 5.91 Å². The number of rotatable bonds is 2. The van der Waals surface area contributed by atoms with Crippen LogP contribution in [0.5, 0.6) is 0 Å². The number of carbonyl (C=O) groups is 1. The van der Waals surface area contributed by atoms with Crippen LogP contribution in [0.15, 0.2) is 27.4 Å². The molecule has 6 nitrogen and oxygen atoms in total. The van der Waals surface area contributed by atoms with Gasteiger partial charge >= 0.3 is 0 Å². The monoisotopic (exact) mass is 309 g/mol. The maximum atomic E-state index is 12.0. The lowest BCUT2D eigenvalue weighted by Gasteiger charge is -2.22. The molecule has 1 heterocycles. The van der Waals surface area contributed by atoms with Gasteiger partial charge in [-0.15, -0.1) is 6.42 Å². The summed E-state index contributed by atoms with van der Waals surface area (Å²) < 4.78 is 23.8. The topological polar surface area (TPSA) is 102 Å². The summed E-state index contributed by atoms with van der Waals surface area (Å²) in [6, 6.07) is 0. The summed E-state index contributed by atoms with van der Waals surface area (Å²) in [5.41, 5.74) is 5.50. The lowest BCUT2D eigenvalue weighted by molar-refractivity contribution is -0.127. The molecule has 0 saturated carbocycles. The van der Waals surface area contributed by atoms with E-state index in [-0.39, 0.29) is 28.9 Å². The first-order chi connectivity index (χ1) is 9.46. The van der Waals surface area contributed by atoms with E-state index >= 15 is 0 Å². The molecule has 7 heteroatoms. The first-order valence-corrected chi connectivity index (χ1v) is 8.10. The van der Waals surface area contributed by atoms with Crippen molar-refractivity contribution in [3.63, 3.8) is 0 Å². The number of amidine groups is 1. The molecule has 0 fully saturated rings. The molecule has 1 aliphatic rings. The summed E-state index contributed by atoms with van der Waals surface area (Å²) in [5.74, 6) is 2.01. The Hall–Kier alpha value is -2.07. The average Bonchev–Trinajstić information content (AvgIpc) is 2.29. The molecule has 0 bridgehead atoms. The van der Waals surface area contributed by atoms with Crippen molar-refractivity contribution in [3.05, 3.63) is 22.4 Å². The van der Waals surface area contributed by atoms with Gasteiger partial charge in [-0.3, -0.25) is 4.79 Å². The summed E-state index contributed by atoms with van der Waals surface area (Å²) in [5, 5.41) is 2.52. The van der Waals surface area contributed by atoms with E-state index in [0.29, 0.717) is 5.57 Å². The zero-order valence-corrected chi connectivity index (χ0v) is 13.3. The van der Waals surface area contributed by atoms with Gasteiger partial charge in [0.25, 0.3) is 0 Å². The van der Waals surface area contributed by atoms with E-state index in [0.717, 1.165) is 6.26 Å². The molecule has 1 rings (SSSR count). The molecule has 0 spiro atoms. The van der Waals surface area contributed by atoms with Crippen molar-refractivity contribution < 1.29 is 13.2 Å². The summed E-state index contributed by atoms with van der Waals surface area (Å²) in [7, 11) is -3.55. The second kappa shape index (κ2) is 5.74. The third kappa shape index (κ3) is 4.20. The van der Waals surface area contributed by atoms with Crippen LogP contribution in [0.3, 0.4) is 0 Å². The number of hydrogen-bond acceptors (Lipinski definition) is 5. The fourth-order valence-electron chi connectivity index (χ4n) is 1.53. The number of aliphatic imine (C=N–C) groups is 1. The van der Waals surface area contributed by atoms with Crippen molar-refractivity contribution in [2.24, 2.45) is 16.1 Å². The van der Waals surface area contributed by atoms with E-state index in [1.54, 1.807) is 20.8 Å². The van der Waals surface area contributed by atoms with E-state index in [2.05, 4.69) is 16.2 Å². The van der Waals surface area contributed by atoms with E-state index in [9.17, 15) is 13.2 Å². The first-order valence-electron chi connectivity index (χ1n) is 6.21. The highest BCUT2D eigenvalue weighted by atomic mass is 32.2. The Morgan fingerprint density at radius 2 is 2.05 bits per heavy atom. The molecule has 1 amide bonds. The number of carbonyl (C=O) groups excluding carboxylic acids is 1. The number of amides is 1. The number of nitrogens with one attached hydrogen (secondary N) is 1. The maximum absolute atomic E-state index is 12.0. The number of sulfone groups is 1. The third-order valence-corrected chi connectivity index (χ3v) is 4.03. The van der Waals surface area contributed by atoms with Crippen LogP contribution in [0.1, 0.15) is 27.2 Å². The fourth-order valence-corrected chi connectivity index (χ4v) is 2.39. The summed E-state index contributed by atoms with van der Waals surface area (Å²) >= 11 is 0. The maximum Gasteiger partial charge on any atom is 0.230 e. The molecule has 0 radical (unpaired) electrons. The molecular weight excluding hydrogens is 290 g/mol. The van der Waals surface area contributed by atoms with Crippen LogP contribution in [0, 0.1) is 17.8 Å². The Labute approximate surface area is 125 Å². The van der Waals surface area contributed by atoms with Crippen molar-refractivity contribution >= 4 is 21.6 Å². The Bertz CT molecular complexity index is 699. The molecule has 114 valence electrons. The molecule has 0 saturated heterocycles. The van der Waals surface area contributed by atoms with Gasteiger partial charge in [0, 0.05) is 23.7 Å². The highest BCUT2D eigenvalue weighted by molar-refractivity contribution is 7.94. The van der Waals surface area contributed by atoms with Gasteiger partial charge in [-0.1, -0.05) is 26.7 Å². The van der Waals surface area contributed by atoms with Gasteiger partial charge in [0.1, 0.15) is 11.7 Å². The number of nitrogens with two attached hydrogens (primary N) is 1. The molecule has 21 heavy (non-hydrogen) atoms. The van der Waals surface area contributed by atoms with E-state index in [1.165, 1.54) is 6.08 Å². The summed E-state index contributed by atoms with van der Waals surface area (Å²) in [4.78, 5) is 16.0. The smallest absolute Gasteiger partial charge is 0.230 e. The van der Waals surface area contributed by atoms with Gasteiger partial charge < -0.3 is 11.1 Å². The van der Waals surface area contributed by atoms with Crippen LogP contribution in [0.4, 0.5) is 0 Å². The quantitative estimate of drug-likeness (QED) is 0.732. The lowest BCUT2D eigenvalue weighted by atomic mass is 9.95. The minimum absolute atomic E-state index is 0.00389. The molecule has 3 N–H and O–H groups in total. The predicted molar refractivity (Wildman–Crippen MR) is 82.6 cm³/mol. The van der Waals surface area contributed by atoms with Crippen LogP contribution in [0.2, 0.25) is 0 Å². The second-order valence-electron chi connectivity index (χ2n) is 5.76. The van der Waals surface area contributed by atoms with Gasteiger partial charge in [-0.2, -0.15) is 0 Å². The summed E-state index contributed by atoms with van der Waals surface area (Å²) in [6.45, 7) is 5.13. The van der Waals surface area contributed by atoms with Crippen molar-refractivity contribution in [3.8, 4) is 12.3 Å². The lowest BCUT2D eigenvalue weighted by Crippen LogP contribution is -2.37. The van der Waals surface area contributed by atoms with Crippen molar-refractivity contribution in [2.75, 3.05) is 6.26 Å². The van der Waals surface area contributed by atoms with Crippen LogP contribution in [0.25, 0.3) is 0 Å². The standard InChI is InChI=1S/C14H19N3O3S/c1-6-7-9-8-10(21(5,19)20)12(16-11(9)15)17-13(18)14(2,3)4/h1,7H,8H2,2-5H3,(H2,15,16)(H,17,18). The van der Waals surface area contributed by atoms with Crippen LogP contribution >= 0.6 is 0 Å². The zero-order valence-electron chi connectivity index (χ0n) is 12.5. The molecule has 0 aromatic heterocycles. The van der Waals surface area contributed by atoms with Gasteiger partial charge in [-0.25, -0.2) is 13.4 Å². The molecule has 0 unspecified atom stereocenters. The van der Waals surface area contributed by atoms with Crippen molar-refractivity contribution in [1.82, 2.24) is 5.32 Å². The van der Waals surface area contributed by atoms with Crippen LogP contribution < -0.4 is 11.1 Å². The molecular formula is C14H19N3O3S. The molecule has 0 aromatic carbocycles. The Morgan fingerprint density at radius 3 is 2.48 bits per heavy atom. The molecule has 1 aliphatic heterocycles. The normalized spacial score (nSPS) is 18.2. The van der Waals surface area contributed by atoms with Crippen molar-refractivity contribution in [1.29, 1.82) is 0 Å². The highest BCUT2D eigenvalue weighted by Crippen LogP contribution is 2.26. The van der Waals surface area contributed by atoms with Crippen LogP contribution in [-0.2, 0) is 14.6 Å². The van der Waals surface area contributed by atoms with E-state index < -0.39 is 15.3 Å².